The molecule has 1 unspecified atom stereocenters. The lowest BCUT2D eigenvalue weighted by Crippen LogP contribution is -2.43. The Morgan fingerprint density at radius 2 is 1.96 bits per heavy atom. The first kappa shape index (κ1) is 18.2. The lowest BCUT2D eigenvalue weighted by Gasteiger charge is -2.45. The van der Waals surface area contributed by atoms with E-state index in [9.17, 15) is 9.59 Å². The summed E-state index contributed by atoms with van der Waals surface area (Å²) >= 11 is 0. The Hall–Kier alpha value is -1.64. The van der Waals surface area contributed by atoms with E-state index in [1.807, 2.05) is 0 Å². The van der Waals surface area contributed by atoms with Gasteiger partial charge >= 0.3 is 5.97 Å². The quantitative estimate of drug-likeness (QED) is 0.545. The lowest BCUT2D eigenvalue weighted by molar-refractivity contribution is -0.158. The zero-order valence-electron chi connectivity index (χ0n) is 15.2. The minimum atomic E-state index is -0.198. The Bertz CT molecular complexity index is 568. The van der Waals surface area contributed by atoms with E-state index < -0.39 is 0 Å². The van der Waals surface area contributed by atoms with Crippen molar-refractivity contribution < 1.29 is 14.3 Å². The van der Waals surface area contributed by atoms with Crippen LogP contribution in [0.2, 0.25) is 0 Å². The summed E-state index contributed by atoms with van der Waals surface area (Å²) < 4.78 is 5.69. The monoisotopic (exact) mass is 342 g/mol. The van der Waals surface area contributed by atoms with Gasteiger partial charge in [0.15, 0.2) is 0 Å². The third-order valence-corrected chi connectivity index (χ3v) is 6.23. The molecule has 3 rings (SSSR count). The maximum absolute atomic E-state index is 12.0. The number of unbranched alkanes of at least 4 members (excludes halogenated alkanes) is 1. The van der Waals surface area contributed by atoms with Crippen LogP contribution >= 0.6 is 0 Å². The molecule has 2 aliphatic carbocycles. The predicted octanol–water partition coefficient (Wildman–Crippen LogP) is 4.90. The van der Waals surface area contributed by atoms with Crippen molar-refractivity contribution in [2.75, 3.05) is 0 Å². The molecule has 2 aliphatic rings. The third-order valence-electron chi connectivity index (χ3n) is 6.23. The number of fused-ring (bicyclic) bond motifs is 1. The van der Waals surface area contributed by atoms with Gasteiger partial charge in [-0.3, -0.25) is 4.79 Å². The molecule has 0 bridgehead atoms. The van der Waals surface area contributed by atoms with Crippen LogP contribution in [0.25, 0.3) is 0 Å². The molecule has 3 nitrogen and oxygen atoms in total. The van der Waals surface area contributed by atoms with Crippen LogP contribution in [0.4, 0.5) is 0 Å². The molecule has 3 heteroatoms. The summed E-state index contributed by atoms with van der Waals surface area (Å²) in [7, 11) is 0. The normalized spacial score (nSPS) is 31.8. The van der Waals surface area contributed by atoms with E-state index in [0.29, 0.717) is 24.2 Å². The van der Waals surface area contributed by atoms with Crippen LogP contribution < -0.4 is 0 Å². The summed E-state index contributed by atoms with van der Waals surface area (Å²) in [6.45, 7) is 2.07. The van der Waals surface area contributed by atoms with Crippen LogP contribution in [0.3, 0.4) is 0 Å². The predicted molar refractivity (Wildman–Crippen MR) is 98.2 cm³/mol. The highest BCUT2D eigenvalue weighted by molar-refractivity contribution is 5.70. The molecule has 0 spiro atoms. The smallest absolute Gasteiger partial charge is 0.306 e. The third kappa shape index (κ3) is 4.31. The number of rotatable bonds is 6. The van der Waals surface area contributed by atoms with E-state index in [4.69, 9.17) is 4.74 Å². The highest BCUT2D eigenvalue weighted by Gasteiger charge is 2.44. The van der Waals surface area contributed by atoms with Crippen LogP contribution in [0, 0.1) is 17.8 Å². The summed E-state index contributed by atoms with van der Waals surface area (Å²) in [5.41, 5.74) is 1.43. The summed E-state index contributed by atoms with van der Waals surface area (Å²) in [6.07, 6.45) is 8.47. The van der Waals surface area contributed by atoms with Gasteiger partial charge in [-0.05, 0) is 61.8 Å². The van der Waals surface area contributed by atoms with Crippen molar-refractivity contribution in [3.8, 4) is 0 Å². The van der Waals surface area contributed by atoms with Crippen molar-refractivity contribution in [1.29, 1.82) is 0 Å². The van der Waals surface area contributed by atoms with Crippen LogP contribution in [0.1, 0.15) is 69.8 Å². The number of esters is 1. The highest BCUT2D eigenvalue weighted by Crippen LogP contribution is 2.48. The molecule has 0 heterocycles. The molecule has 1 aromatic rings. The standard InChI is InChI=1S/C22H30O3/c1-2-3-9-22(24)25-21-13-11-18-14-17(16-7-5-4-6-8-16)10-12-19(18)20(21)15-23/h4-8,15,17-21H,2-3,9-14H2,1H3/t17-,18-,19-,20?,21+/m1/s1. The molecule has 136 valence electrons. The second-order valence-electron chi connectivity index (χ2n) is 7.77. The molecule has 0 saturated heterocycles. The molecule has 1 aromatic carbocycles. The molecule has 2 saturated carbocycles. The van der Waals surface area contributed by atoms with E-state index in [-0.39, 0.29) is 18.0 Å². The van der Waals surface area contributed by atoms with Crippen LogP contribution in [-0.4, -0.2) is 18.4 Å². The van der Waals surface area contributed by atoms with Gasteiger partial charge in [-0.15, -0.1) is 0 Å². The first-order valence-corrected chi connectivity index (χ1v) is 9.92. The van der Waals surface area contributed by atoms with Gasteiger partial charge < -0.3 is 9.53 Å². The van der Waals surface area contributed by atoms with Crippen molar-refractivity contribution in [1.82, 2.24) is 0 Å². The Morgan fingerprint density at radius 1 is 1.16 bits per heavy atom. The van der Waals surface area contributed by atoms with Crippen LogP contribution in [-0.2, 0) is 14.3 Å². The molecule has 2 fully saturated rings. The molecule has 0 radical (unpaired) electrons. The molecule has 0 amide bonds. The van der Waals surface area contributed by atoms with Crippen LogP contribution in [0.5, 0.6) is 0 Å². The first-order chi connectivity index (χ1) is 12.2. The van der Waals surface area contributed by atoms with Gasteiger partial charge in [0.25, 0.3) is 0 Å². The molecule has 0 aliphatic heterocycles. The number of carbonyl (C=O) groups excluding carboxylic acids is 2. The largest absolute Gasteiger partial charge is 0.462 e. The summed E-state index contributed by atoms with van der Waals surface area (Å²) in [4.78, 5) is 23.8. The first-order valence-electron chi connectivity index (χ1n) is 9.92. The molecule has 5 atom stereocenters. The van der Waals surface area contributed by atoms with Crippen molar-refractivity contribution in [2.45, 2.75) is 70.3 Å². The maximum Gasteiger partial charge on any atom is 0.306 e. The number of ether oxygens (including phenoxy) is 1. The van der Waals surface area contributed by atoms with Gasteiger partial charge in [0.2, 0.25) is 0 Å². The molecular weight excluding hydrogens is 312 g/mol. The fraction of sp³-hybridized carbons (Fsp3) is 0.636. The number of hydrogen-bond donors (Lipinski definition) is 0. The summed E-state index contributed by atoms with van der Waals surface area (Å²) in [5, 5.41) is 0. The summed E-state index contributed by atoms with van der Waals surface area (Å²) in [6, 6.07) is 10.7. The van der Waals surface area contributed by atoms with E-state index in [1.165, 1.54) is 5.56 Å². The topological polar surface area (TPSA) is 43.4 Å². The number of aldehydes is 1. The zero-order valence-corrected chi connectivity index (χ0v) is 15.2. The number of hydrogen-bond acceptors (Lipinski definition) is 3. The van der Waals surface area contributed by atoms with Crippen molar-refractivity contribution >= 4 is 12.3 Å². The van der Waals surface area contributed by atoms with Gasteiger partial charge in [-0.25, -0.2) is 0 Å². The number of carbonyl (C=O) groups is 2. The molecular formula is C22H30O3. The minimum absolute atomic E-state index is 0.110. The molecule has 0 N–H and O–H groups in total. The highest BCUT2D eigenvalue weighted by atomic mass is 16.5. The van der Waals surface area contributed by atoms with E-state index in [0.717, 1.165) is 51.2 Å². The average molecular weight is 342 g/mol. The minimum Gasteiger partial charge on any atom is -0.462 e. The van der Waals surface area contributed by atoms with Gasteiger partial charge in [-0.2, -0.15) is 0 Å². The zero-order chi connectivity index (χ0) is 17.6. The van der Waals surface area contributed by atoms with Gasteiger partial charge in [0.1, 0.15) is 12.4 Å². The fourth-order valence-electron chi connectivity index (χ4n) is 4.88. The Morgan fingerprint density at radius 3 is 2.68 bits per heavy atom. The SMILES string of the molecule is CCCCC(=O)O[C@H]1CC[C@@H]2C[C@H](c3ccccc3)CC[C@H]2C1C=O. The maximum atomic E-state index is 12.0. The lowest BCUT2D eigenvalue weighted by atomic mass is 9.61. The fourth-order valence-corrected chi connectivity index (χ4v) is 4.88. The van der Waals surface area contributed by atoms with Crippen molar-refractivity contribution in [3.05, 3.63) is 35.9 Å². The van der Waals surface area contributed by atoms with Crippen LogP contribution in [0.15, 0.2) is 30.3 Å². The van der Waals surface area contributed by atoms with Crippen molar-refractivity contribution in [3.63, 3.8) is 0 Å². The Kier molecular flexibility index (Phi) is 6.28. The Labute approximate surface area is 151 Å². The second-order valence-corrected chi connectivity index (χ2v) is 7.77. The van der Waals surface area contributed by atoms with E-state index in [2.05, 4.69) is 37.3 Å². The molecule has 0 aromatic heterocycles. The van der Waals surface area contributed by atoms with E-state index in [1.54, 1.807) is 0 Å². The van der Waals surface area contributed by atoms with Gasteiger partial charge in [0.05, 0.1) is 5.92 Å². The van der Waals surface area contributed by atoms with E-state index >= 15 is 0 Å². The van der Waals surface area contributed by atoms with Gasteiger partial charge in [-0.1, -0.05) is 43.7 Å². The molecule has 25 heavy (non-hydrogen) atoms. The average Bonchev–Trinajstić information content (AvgIpc) is 2.66. The summed E-state index contributed by atoms with van der Waals surface area (Å²) in [5.74, 6) is 1.34. The number of benzene rings is 1. The van der Waals surface area contributed by atoms with Crippen molar-refractivity contribution in [2.24, 2.45) is 17.8 Å². The Balaban J connectivity index is 1.61. The second kappa shape index (κ2) is 8.64. The van der Waals surface area contributed by atoms with Gasteiger partial charge in [0, 0.05) is 6.42 Å².